The van der Waals surface area contributed by atoms with Crippen molar-refractivity contribution in [3.05, 3.63) is 63.7 Å². The molecule has 0 aliphatic carbocycles. The van der Waals surface area contributed by atoms with Crippen LogP contribution in [0.15, 0.2) is 42.5 Å². The number of piperidine rings is 1. The molecule has 2 aromatic carbocycles. The van der Waals surface area contributed by atoms with E-state index in [4.69, 9.17) is 31.9 Å². The number of esters is 1. The lowest BCUT2D eigenvalue weighted by Gasteiger charge is -2.45. The van der Waals surface area contributed by atoms with Crippen molar-refractivity contribution in [1.82, 2.24) is 4.31 Å². The summed E-state index contributed by atoms with van der Waals surface area (Å²) in [5.41, 5.74) is 5.96. The number of rotatable bonds is 10. The van der Waals surface area contributed by atoms with Crippen molar-refractivity contribution in [3.63, 3.8) is 0 Å². The van der Waals surface area contributed by atoms with E-state index in [0.717, 1.165) is 11.3 Å². The van der Waals surface area contributed by atoms with Crippen LogP contribution in [-0.4, -0.2) is 60.1 Å². The van der Waals surface area contributed by atoms with Crippen LogP contribution in [0.4, 0.5) is 15.8 Å². The number of anilines is 2. The first kappa shape index (κ1) is 34.5. The van der Waals surface area contributed by atoms with Gasteiger partial charge in [0.1, 0.15) is 16.4 Å². The number of carbonyl (C=O) groups excluding carboxylic acids is 1. The van der Waals surface area contributed by atoms with Crippen LogP contribution in [0.25, 0.3) is 10.4 Å². The maximum atomic E-state index is 15.1. The first-order chi connectivity index (χ1) is 20.9. The second-order valence-electron chi connectivity index (χ2n) is 12.5. The van der Waals surface area contributed by atoms with Gasteiger partial charge in [-0.05, 0) is 82.9 Å². The van der Waals surface area contributed by atoms with E-state index in [0.29, 0.717) is 34.5 Å². The van der Waals surface area contributed by atoms with E-state index in [-0.39, 0.29) is 39.7 Å². The number of halogens is 2. The normalized spacial score (nSPS) is 17.1. The first-order valence-electron chi connectivity index (χ1n) is 14.2. The number of sulfonamides is 1. The molecule has 1 aromatic heterocycles. The molecule has 0 bridgehead atoms. The fourth-order valence-corrected chi connectivity index (χ4v) is 8.70. The zero-order valence-electron chi connectivity index (χ0n) is 25.6. The Bertz CT molecular complexity index is 1700. The average molecular weight is 682 g/mol. The molecule has 0 radical (unpaired) electrons. The Morgan fingerprint density at radius 1 is 1.22 bits per heavy atom. The van der Waals surface area contributed by atoms with Gasteiger partial charge in [-0.3, -0.25) is 0 Å². The topological polar surface area (TPSA) is 148 Å². The largest absolute Gasteiger partial charge is 0.479 e. The minimum absolute atomic E-state index is 0.000474. The van der Waals surface area contributed by atoms with Crippen molar-refractivity contribution < 1.29 is 37.0 Å². The van der Waals surface area contributed by atoms with Gasteiger partial charge < -0.3 is 25.6 Å². The Balaban J connectivity index is 1.57. The third kappa shape index (κ3) is 8.46. The Morgan fingerprint density at radius 3 is 2.56 bits per heavy atom. The Morgan fingerprint density at radius 2 is 1.93 bits per heavy atom. The summed E-state index contributed by atoms with van der Waals surface area (Å²) in [5.74, 6) is -2.83. The third-order valence-electron chi connectivity index (χ3n) is 7.06. The van der Waals surface area contributed by atoms with Gasteiger partial charge in [0.15, 0.2) is 17.2 Å². The summed E-state index contributed by atoms with van der Waals surface area (Å²) in [7, 11) is -3.67. The van der Waals surface area contributed by atoms with Crippen LogP contribution in [0, 0.1) is 5.82 Å². The summed E-state index contributed by atoms with van der Waals surface area (Å²) in [4.78, 5) is 24.5. The second kappa shape index (κ2) is 13.1. The van der Waals surface area contributed by atoms with Crippen LogP contribution in [-0.2, 0) is 25.3 Å². The second-order valence-corrected chi connectivity index (χ2v) is 15.8. The molecule has 45 heavy (non-hydrogen) atoms. The zero-order chi connectivity index (χ0) is 33.3. The summed E-state index contributed by atoms with van der Waals surface area (Å²) in [5, 5.41) is 12.4. The van der Waals surface area contributed by atoms with Gasteiger partial charge in [-0.15, -0.1) is 11.3 Å². The van der Waals surface area contributed by atoms with E-state index >= 15 is 4.39 Å². The molecule has 14 heteroatoms. The number of carboxylic acid groups (broad SMARTS) is 1. The Hall–Kier alpha value is -3.39. The van der Waals surface area contributed by atoms with Crippen LogP contribution in [0.3, 0.4) is 0 Å². The first-order valence-corrected chi connectivity index (χ1v) is 17.0. The molecule has 1 fully saturated rings. The van der Waals surface area contributed by atoms with Crippen molar-refractivity contribution in [1.29, 1.82) is 0 Å². The summed E-state index contributed by atoms with van der Waals surface area (Å²) >= 11 is 7.56. The molecule has 244 valence electrons. The number of benzene rings is 2. The zero-order valence-corrected chi connectivity index (χ0v) is 28.0. The number of nitrogens with zero attached hydrogens (tertiary/aromatic N) is 1. The molecular weight excluding hydrogens is 645 g/mol. The molecule has 4 rings (SSSR count). The molecule has 0 unspecified atom stereocenters. The van der Waals surface area contributed by atoms with Gasteiger partial charge in [0.2, 0.25) is 10.0 Å². The minimum Gasteiger partial charge on any atom is -0.479 e. The fraction of sp³-hybridized carbons (Fsp3) is 0.419. The Kier molecular flexibility index (Phi) is 10.1. The fourth-order valence-electron chi connectivity index (χ4n) is 5.29. The van der Waals surface area contributed by atoms with Gasteiger partial charge in [-0.25, -0.2) is 22.4 Å². The van der Waals surface area contributed by atoms with Crippen LogP contribution >= 0.6 is 22.9 Å². The quantitative estimate of drug-likeness (QED) is 0.163. The summed E-state index contributed by atoms with van der Waals surface area (Å²) < 4.78 is 54.2. The molecule has 1 saturated heterocycles. The predicted molar refractivity (Wildman–Crippen MR) is 174 cm³/mol. The van der Waals surface area contributed by atoms with E-state index in [1.807, 2.05) is 13.8 Å². The highest BCUT2D eigenvalue weighted by Gasteiger charge is 2.41. The van der Waals surface area contributed by atoms with Gasteiger partial charge >= 0.3 is 11.9 Å². The molecule has 0 amide bonds. The molecule has 1 aliphatic heterocycles. The van der Waals surface area contributed by atoms with E-state index in [1.165, 1.54) is 16.4 Å². The Labute approximate surface area is 271 Å². The minimum atomic E-state index is -3.67. The molecule has 3 aromatic rings. The highest BCUT2D eigenvalue weighted by Crippen LogP contribution is 2.47. The number of nitrogens with two attached hydrogens (primary N) is 1. The molecule has 1 atom stereocenters. The SMILES string of the molecule is CC(C)(C)OC(=O)c1sc(-c2ccc(F)c(N[C@H]3CCN(S(=O)(=O)Cc4cccc(N)c4)C(C)(C)C3)c2)c(Cl)c1OCC(=O)O. The molecular formula is C31H37ClFN3O7S2. The number of nitrogen functional groups attached to an aromatic ring is 1. The highest BCUT2D eigenvalue weighted by atomic mass is 35.5. The van der Waals surface area contributed by atoms with E-state index in [2.05, 4.69) is 5.32 Å². The van der Waals surface area contributed by atoms with Crippen molar-refractivity contribution >= 4 is 56.3 Å². The average Bonchev–Trinajstić information content (AvgIpc) is 3.23. The van der Waals surface area contributed by atoms with Crippen molar-refractivity contribution in [2.24, 2.45) is 0 Å². The van der Waals surface area contributed by atoms with Gasteiger partial charge in [-0.1, -0.05) is 29.8 Å². The number of nitrogens with one attached hydrogen (secondary N) is 1. The summed E-state index contributed by atoms with van der Waals surface area (Å²) in [6.07, 6.45) is 0.835. The van der Waals surface area contributed by atoms with E-state index in [9.17, 15) is 18.0 Å². The summed E-state index contributed by atoms with van der Waals surface area (Å²) in [6.45, 7) is 8.26. The monoisotopic (exact) mass is 681 g/mol. The number of carbonyl (C=O) groups is 2. The standard InChI is InChI=1S/C31H37ClFN3O7S2/c1-30(2,3)43-29(39)28-26(42-16-24(37)38)25(32)27(44-28)19-9-10-22(33)23(14-19)35-21-11-12-36(31(4,5)15-21)45(40,41)17-18-7-6-8-20(34)13-18/h6-10,13-14,21,35H,11-12,15-17,34H2,1-5H3,(H,37,38)/t21-/m0/s1. The molecule has 4 N–H and O–H groups in total. The maximum Gasteiger partial charge on any atom is 0.352 e. The lowest BCUT2D eigenvalue weighted by molar-refractivity contribution is -0.139. The maximum absolute atomic E-state index is 15.1. The number of thiophene rings is 1. The predicted octanol–water partition coefficient (Wildman–Crippen LogP) is 6.39. The van der Waals surface area contributed by atoms with Crippen LogP contribution < -0.4 is 15.8 Å². The van der Waals surface area contributed by atoms with Gasteiger partial charge in [0.25, 0.3) is 0 Å². The smallest absolute Gasteiger partial charge is 0.352 e. The molecule has 0 saturated carbocycles. The van der Waals surface area contributed by atoms with E-state index < -0.39 is 45.5 Å². The van der Waals surface area contributed by atoms with Gasteiger partial charge in [-0.2, -0.15) is 4.31 Å². The molecule has 2 heterocycles. The molecule has 0 spiro atoms. The van der Waals surface area contributed by atoms with Crippen LogP contribution in [0.2, 0.25) is 5.02 Å². The lowest BCUT2D eigenvalue weighted by Crippen LogP contribution is -2.55. The van der Waals surface area contributed by atoms with Crippen molar-refractivity contribution in [2.45, 2.75) is 70.4 Å². The number of ether oxygens (including phenoxy) is 2. The number of hydrogen-bond donors (Lipinski definition) is 3. The van der Waals surface area contributed by atoms with Crippen molar-refractivity contribution in [2.75, 3.05) is 24.2 Å². The van der Waals surface area contributed by atoms with Crippen molar-refractivity contribution in [3.8, 4) is 16.2 Å². The van der Waals surface area contributed by atoms with E-state index in [1.54, 1.807) is 51.1 Å². The van der Waals surface area contributed by atoms with Crippen LogP contribution in [0.1, 0.15) is 62.7 Å². The number of hydrogen-bond acceptors (Lipinski definition) is 9. The van der Waals surface area contributed by atoms with Gasteiger partial charge in [0.05, 0.1) is 16.3 Å². The lowest BCUT2D eigenvalue weighted by atomic mass is 9.89. The molecule has 1 aliphatic rings. The summed E-state index contributed by atoms with van der Waals surface area (Å²) in [6, 6.07) is 10.8. The highest BCUT2D eigenvalue weighted by molar-refractivity contribution is 7.88. The number of carboxylic acids is 1. The molecule has 10 nitrogen and oxygen atoms in total. The third-order valence-corrected chi connectivity index (χ3v) is 10.8. The van der Waals surface area contributed by atoms with Crippen LogP contribution in [0.5, 0.6) is 5.75 Å². The van der Waals surface area contributed by atoms with Gasteiger partial charge in [0, 0.05) is 23.8 Å². The number of aliphatic carboxylic acids is 1.